The molecule has 0 aromatic rings. The number of rotatable bonds is 78. The monoisotopic (exact) mass is 1250 g/mol. The smallest absolute Gasteiger partial charge is 0.305 e. The molecule has 3 N–H and O–H groups in total. The molecule has 0 aromatic carbocycles. The lowest BCUT2D eigenvalue weighted by molar-refractivity contribution is -0.143. The number of aliphatic hydroxyl groups excluding tert-OH is 2. The van der Waals surface area contributed by atoms with Gasteiger partial charge in [0.25, 0.3) is 0 Å². The van der Waals surface area contributed by atoms with E-state index >= 15 is 0 Å². The molecule has 0 aliphatic rings. The molecule has 2 atom stereocenters. The highest BCUT2D eigenvalue weighted by molar-refractivity contribution is 5.69. The van der Waals surface area contributed by atoms with Crippen LogP contribution in [0.4, 0.5) is 0 Å². The molecule has 0 fully saturated rings. The van der Waals surface area contributed by atoms with E-state index in [9.17, 15) is 19.8 Å². The number of aldehydes is 1. The summed E-state index contributed by atoms with van der Waals surface area (Å²) in [6, 6.07) is 0. The fourth-order valence-electron chi connectivity index (χ4n) is 13.2. The minimum absolute atomic E-state index is 0.0918. The predicted molar refractivity (Wildman–Crippen MR) is 386 cm³/mol. The average Bonchev–Trinajstić information content (AvgIpc) is 3.54. The Kier molecular flexibility index (Phi) is 74.0. The summed E-state index contributed by atoms with van der Waals surface area (Å²) in [5, 5.41) is 26.6. The van der Waals surface area contributed by atoms with Crippen molar-refractivity contribution in [1.82, 2.24) is 20.0 Å². The SMILES string of the molecule is CCCCCCCCCCCCCCCCCCN(CCCC=O)CC(O)CN(CCCCCCCCCCCCCC)CCCCN(CCCCCCCCCCCCCC)CC(O)CNCCCC(=O)OCCCCCCCCCCCCCCC. The van der Waals surface area contributed by atoms with Gasteiger partial charge < -0.3 is 39.8 Å². The van der Waals surface area contributed by atoms with Crippen LogP contribution < -0.4 is 5.32 Å². The van der Waals surface area contributed by atoms with Crippen LogP contribution in [0.3, 0.4) is 0 Å². The predicted octanol–water partition coefficient (Wildman–Crippen LogP) is 22.0. The summed E-state index contributed by atoms with van der Waals surface area (Å²) < 4.78 is 5.58. The molecular formula is C79H160N4O5. The summed E-state index contributed by atoms with van der Waals surface area (Å²) in [5.41, 5.74) is 0. The van der Waals surface area contributed by atoms with Gasteiger partial charge in [0.05, 0.1) is 18.8 Å². The molecule has 0 radical (unpaired) electrons. The minimum Gasteiger partial charge on any atom is -0.466 e. The fraction of sp³-hybridized carbons (Fsp3) is 0.975. The molecule has 0 heterocycles. The molecular weight excluding hydrogens is 1080 g/mol. The van der Waals surface area contributed by atoms with Gasteiger partial charge in [-0.2, -0.15) is 0 Å². The molecule has 9 heteroatoms. The molecule has 0 bridgehead atoms. The number of carbonyl (C=O) groups is 2. The van der Waals surface area contributed by atoms with Crippen LogP contribution >= 0.6 is 0 Å². The van der Waals surface area contributed by atoms with Crippen molar-refractivity contribution in [3.05, 3.63) is 0 Å². The molecule has 0 saturated carbocycles. The Labute approximate surface area is 551 Å². The molecule has 0 saturated heterocycles. The van der Waals surface area contributed by atoms with Crippen LogP contribution in [0.5, 0.6) is 0 Å². The number of nitrogens with zero attached hydrogens (tertiary/aromatic N) is 3. The van der Waals surface area contributed by atoms with Gasteiger partial charge in [-0.15, -0.1) is 0 Å². The molecule has 526 valence electrons. The first-order valence-electron chi connectivity index (χ1n) is 40.2. The van der Waals surface area contributed by atoms with E-state index in [1.165, 1.54) is 327 Å². The zero-order valence-electron chi connectivity index (χ0n) is 60.4. The van der Waals surface area contributed by atoms with Crippen LogP contribution in [0, 0.1) is 0 Å². The summed E-state index contributed by atoms with van der Waals surface area (Å²) in [6.07, 6.45) is 76.3. The molecule has 88 heavy (non-hydrogen) atoms. The Morgan fingerprint density at radius 1 is 0.330 bits per heavy atom. The zero-order valence-corrected chi connectivity index (χ0v) is 60.4. The van der Waals surface area contributed by atoms with E-state index in [-0.39, 0.29) is 5.97 Å². The van der Waals surface area contributed by atoms with Gasteiger partial charge in [-0.3, -0.25) is 4.79 Å². The maximum atomic E-state index is 12.5. The van der Waals surface area contributed by atoms with Crippen LogP contribution in [-0.4, -0.2) is 128 Å². The van der Waals surface area contributed by atoms with Crippen LogP contribution in [0.1, 0.15) is 407 Å². The Morgan fingerprint density at radius 3 is 0.852 bits per heavy atom. The van der Waals surface area contributed by atoms with E-state index in [1.807, 2.05) is 0 Å². The van der Waals surface area contributed by atoms with Crippen molar-refractivity contribution in [2.24, 2.45) is 0 Å². The van der Waals surface area contributed by atoms with Gasteiger partial charge in [-0.05, 0) is 97.2 Å². The molecule has 0 aromatic heterocycles. The number of ether oxygens (including phenoxy) is 1. The van der Waals surface area contributed by atoms with E-state index in [4.69, 9.17) is 4.74 Å². The van der Waals surface area contributed by atoms with Crippen molar-refractivity contribution in [3.8, 4) is 0 Å². The van der Waals surface area contributed by atoms with Crippen molar-refractivity contribution in [2.75, 3.05) is 78.6 Å². The maximum absolute atomic E-state index is 12.5. The van der Waals surface area contributed by atoms with Crippen molar-refractivity contribution in [1.29, 1.82) is 0 Å². The number of carbonyl (C=O) groups excluding carboxylic acids is 2. The van der Waals surface area contributed by atoms with Crippen LogP contribution in [0.15, 0.2) is 0 Å². The lowest BCUT2D eigenvalue weighted by Gasteiger charge is -2.30. The second kappa shape index (κ2) is 74.9. The number of hydrogen-bond acceptors (Lipinski definition) is 9. The van der Waals surface area contributed by atoms with Gasteiger partial charge in [-0.25, -0.2) is 0 Å². The normalized spacial score (nSPS) is 12.6. The lowest BCUT2D eigenvalue weighted by Crippen LogP contribution is -2.42. The quantitative estimate of drug-likeness (QED) is 0.0312. The molecule has 2 unspecified atom stereocenters. The second-order valence-electron chi connectivity index (χ2n) is 28.1. The highest BCUT2D eigenvalue weighted by Gasteiger charge is 2.18. The van der Waals surface area contributed by atoms with Crippen molar-refractivity contribution < 1.29 is 24.5 Å². The van der Waals surface area contributed by atoms with Crippen molar-refractivity contribution in [2.45, 2.75) is 419 Å². The number of esters is 1. The third kappa shape index (κ3) is 69.2. The lowest BCUT2D eigenvalue weighted by atomic mass is 10.0. The summed E-state index contributed by atoms with van der Waals surface area (Å²) >= 11 is 0. The van der Waals surface area contributed by atoms with Crippen molar-refractivity contribution >= 4 is 12.3 Å². The third-order valence-corrected chi connectivity index (χ3v) is 19.0. The summed E-state index contributed by atoms with van der Waals surface area (Å²) in [5.74, 6) is -0.0918. The van der Waals surface area contributed by atoms with Gasteiger partial charge in [0.15, 0.2) is 0 Å². The molecule has 0 amide bonds. The standard InChI is InChI=1S/C79H160N4O5/c1-5-9-13-17-21-25-29-33-34-35-36-40-44-48-52-56-67-83(70-59-60-71-84)76-78(86)75-82(66-55-51-47-43-39-32-28-24-20-16-12-8-4)69-58-57-68-81(65-54-50-46-42-38-31-27-23-19-15-11-7-3)74-77(85)73-80-64-62-63-79(87)88-72-61-53-49-45-41-37-30-26-22-18-14-10-6-2/h71,77-78,80,85-86H,5-70,72-76H2,1-4H3. The number of aliphatic hydroxyl groups is 2. The van der Waals surface area contributed by atoms with Crippen LogP contribution in [0.2, 0.25) is 0 Å². The van der Waals surface area contributed by atoms with E-state index < -0.39 is 12.2 Å². The minimum atomic E-state index is -0.453. The summed E-state index contributed by atoms with van der Waals surface area (Å²) in [7, 11) is 0. The van der Waals surface area contributed by atoms with Gasteiger partial charge in [0.2, 0.25) is 0 Å². The highest BCUT2D eigenvalue weighted by atomic mass is 16.5. The molecule has 0 aliphatic heterocycles. The average molecular weight is 1250 g/mol. The number of nitrogens with one attached hydrogen (secondary N) is 1. The van der Waals surface area contributed by atoms with Crippen LogP contribution in [0.25, 0.3) is 0 Å². The third-order valence-electron chi connectivity index (χ3n) is 19.0. The molecule has 9 nitrogen and oxygen atoms in total. The van der Waals surface area contributed by atoms with Gasteiger partial charge in [-0.1, -0.05) is 342 Å². The van der Waals surface area contributed by atoms with E-state index in [0.717, 1.165) is 84.1 Å². The van der Waals surface area contributed by atoms with Crippen molar-refractivity contribution in [3.63, 3.8) is 0 Å². The van der Waals surface area contributed by atoms with E-state index in [1.54, 1.807) is 0 Å². The Bertz CT molecular complexity index is 1330. The first kappa shape index (κ1) is 86.9. The second-order valence-corrected chi connectivity index (χ2v) is 28.1. The zero-order chi connectivity index (χ0) is 63.8. The van der Waals surface area contributed by atoms with Gasteiger partial charge in [0, 0.05) is 39.0 Å². The van der Waals surface area contributed by atoms with Gasteiger partial charge in [0.1, 0.15) is 6.29 Å². The molecule has 0 rings (SSSR count). The number of unbranched alkanes of at least 4 members (excludes halogenated alkanes) is 51. The Balaban J connectivity index is 5.22. The largest absolute Gasteiger partial charge is 0.466 e. The van der Waals surface area contributed by atoms with Gasteiger partial charge >= 0.3 is 5.97 Å². The molecule has 0 spiro atoms. The fourth-order valence-corrected chi connectivity index (χ4v) is 13.2. The first-order chi connectivity index (χ1) is 43.4. The van der Waals surface area contributed by atoms with Crippen LogP contribution in [-0.2, 0) is 14.3 Å². The summed E-state index contributed by atoms with van der Waals surface area (Å²) in [4.78, 5) is 31.4. The Morgan fingerprint density at radius 2 is 0.568 bits per heavy atom. The highest BCUT2D eigenvalue weighted by Crippen LogP contribution is 2.18. The first-order valence-corrected chi connectivity index (χ1v) is 40.2. The number of hydrogen-bond donors (Lipinski definition) is 3. The maximum Gasteiger partial charge on any atom is 0.305 e. The topological polar surface area (TPSA) is 106 Å². The summed E-state index contributed by atoms with van der Waals surface area (Å²) in [6.45, 7) is 19.0. The van der Waals surface area contributed by atoms with E-state index in [2.05, 4.69) is 47.7 Å². The molecule has 0 aliphatic carbocycles. The Hall–Kier alpha value is -1.10. The van der Waals surface area contributed by atoms with E-state index in [0.29, 0.717) is 52.2 Å².